The molecule has 6 rings (SSSR count). The van der Waals surface area contributed by atoms with E-state index in [9.17, 15) is 9.59 Å². The molecule has 37 heavy (non-hydrogen) atoms. The number of esters is 2. The van der Waals surface area contributed by atoms with E-state index in [1.165, 1.54) is 53.2 Å². The smallest absolute Gasteiger partial charge is 0.337 e. The molecule has 2 aromatic carbocycles. The number of hydrogen-bond acceptors (Lipinski definition) is 6. The van der Waals surface area contributed by atoms with Crippen LogP contribution in [0.15, 0.2) is 36.4 Å². The van der Waals surface area contributed by atoms with Crippen molar-refractivity contribution < 1.29 is 19.1 Å². The maximum atomic E-state index is 11.7. The Labute approximate surface area is 216 Å². The minimum atomic E-state index is -0.279. The molecule has 8 nitrogen and oxygen atoms in total. The average molecular weight is 503 g/mol. The number of likely N-dealkylation sites (N-methyl/N-ethyl adjacent to an activating group) is 1. The molecule has 8 heteroatoms. The van der Waals surface area contributed by atoms with Crippen LogP contribution in [-0.4, -0.2) is 60.3 Å². The fraction of sp³-hybridized carbons (Fsp3) is 0.379. The number of fused-ring (bicyclic) bond motifs is 6. The van der Waals surface area contributed by atoms with Gasteiger partial charge in [-0.2, -0.15) is 0 Å². The van der Waals surface area contributed by atoms with Crippen LogP contribution in [0.3, 0.4) is 0 Å². The van der Waals surface area contributed by atoms with Crippen molar-refractivity contribution in [1.29, 1.82) is 0 Å². The van der Waals surface area contributed by atoms with Crippen molar-refractivity contribution in [3.63, 3.8) is 0 Å². The second kappa shape index (κ2) is 10.0. The van der Waals surface area contributed by atoms with Crippen LogP contribution in [0, 0.1) is 0 Å². The summed E-state index contributed by atoms with van der Waals surface area (Å²) in [6.45, 7) is 3.91. The number of nitrogens with one attached hydrogen (secondary N) is 1. The molecule has 0 unspecified atom stereocenters. The molecule has 194 valence electrons. The topological polar surface area (TPSA) is 77.7 Å². The summed E-state index contributed by atoms with van der Waals surface area (Å²) in [5.41, 5.74) is 9.01. The highest BCUT2D eigenvalue weighted by atomic mass is 16.5. The summed E-state index contributed by atoms with van der Waals surface area (Å²) < 4.78 is 14.1. The predicted octanol–water partition coefficient (Wildman–Crippen LogP) is 3.56. The molecule has 4 aromatic rings. The number of ether oxygens (including phenoxy) is 2. The van der Waals surface area contributed by atoms with E-state index in [-0.39, 0.29) is 11.9 Å². The molecule has 0 amide bonds. The molecule has 1 N–H and O–H groups in total. The van der Waals surface area contributed by atoms with Gasteiger partial charge in [-0.3, -0.25) is 0 Å². The van der Waals surface area contributed by atoms with E-state index in [4.69, 9.17) is 9.47 Å². The minimum Gasteiger partial charge on any atom is -0.465 e. The quantitative estimate of drug-likeness (QED) is 0.423. The third-order valence-electron chi connectivity index (χ3n) is 7.71. The molecule has 0 radical (unpaired) electrons. The molecule has 0 saturated carbocycles. The number of rotatable bonds is 2. The third kappa shape index (κ3) is 4.40. The highest BCUT2D eigenvalue weighted by molar-refractivity contribution is 5.97. The van der Waals surface area contributed by atoms with Gasteiger partial charge in [-0.15, -0.1) is 0 Å². The van der Waals surface area contributed by atoms with Gasteiger partial charge in [0.2, 0.25) is 0 Å². The Morgan fingerprint density at radius 2 is 1.32 bits per heavy atom. The Kier molecular flexibility index (Phi) is 6.79. The Balaban J connectivity index is 0.000000152. The number of nitrogens with zero attached hydrogens (tertiary/aromatic N) is 3. The molecule has 4 heterocycles. The van der Waals surface area contributed by atoms with Gasteiger partial charge in [0.1, 0.15) is 0 Å². The fourth-order valence-electron chi connectivity index (χ4n) is 5.71. The highest BCUT2D eigenvalue weighted by Gasteiger charge is 2.22. The first kappa shape index (κ1) is 25.0. The maximum Gasteiger partial charge on any atom is 0.337 e. The average Bonchev–Trinajstić information content (AvgIpc) is 3.38. The molecule has 0 spiro atoms. The van der Waals surface area contributed by atoms with Crippen LogP contribution < -0.4 is 5.32 Å². The highest BCUT2D eigenvalue weighted by Crippen LogP contribution is 2.31. The zero-order valence-electron chi connectivity index (χ0n) is 22.2. The fourth-order valence-corrected chi connectivity index (χ4v) is 5.71. The number of benzene rings is 2. The lowest BCUT2D eigenvalue weighted by Crippen LogP contribution is -2.26. The van der Waals surface area contributed by atoms with Crippen molar-refractivity contribution in [1.82, 2.24) is 19.4 Å². The number of methoxy groups -OCH3 is 2. The molecule has 0 bridgehead atoms. The predicted molar refractivity (Wildman–Crippen MR) is 144 cm³/mol. The van der Waals surface area contributed by atoms with Gasteiger partial charge in [0, 0.05) is 86.3 Å². The molecule has 0 fully saturated rings. The summed E-state index contributed by atoms with van der Waals surface area (Å²) >= 11 is 0. The summed E-state index contributed by atoms with van der Waals surface area (Å²) in [4.78, 5) is 25.6. The monoisotopic (exact) mass is 502 g/mol. The summed E-state index contributed by atoms with van der Waals surface area (Å²) in [7, 11) is 9.15. The second-order valence-corrected chi connectivity index (χ2v) is 9.83. The first-order chi connectivity index (χ1) is 17.8. The van der Waals surface area contributed by atoms with Crippen molar-refractivity contribution in [3.05, 3.63) is 70.0 Å². The lowest BCUT2D eigenvalue weighted by Gasteiger charge is -2.23. The van der Waals surface area contributed by atoms with Gasteiger partial charge < -0.3 is 28.8 Å². The Morgan fingerprint density at radius 3 is 1.89 bits per heavy atom. The molecule has 0 aliphatic carbocycles. The van der Waals surface area contributed by atoms with Crippen molar-refractivity contribution in [2.75, 3.05) is 34.4 Å². The number of hydrogen-bond donors (Lipinski definition) is 1. The van der Waals surface area contributed by atoms with Crippen LogP contribution in [-0.2, 0) is 49.5 Å². The summed E-state index contributed by atoms with van der Waals surface area (Å²) in [5, 5.41) is 5.71. The first-order valence-corrected chi connectivity index (χ1v) is 12.6. The molecular weight excluding hydrogens is 468 g/mol. The molecule has 2 aliphatic heterocycles. The van der Waals surface area contributed by atoms with E-state index < -0.39 is 0 Å². The van der Waals surface area contributed by atoms with Crippen molar-refractivity contribution >= 4 is 33.7 Å². The van der Waals surface area contributed by atoms with Crippen LogP contribution in [0.4, 0.5) is 0 Å². The normalized spacial score (nSPS) is 15.1. The zero-order chi connectivity index (χ0) is 26.3. The molecule has 2 aromatic heterocycles. The van der Waals surface area contributed by atoms with Gasteiger partial charge in [-0.25, -0.2) is 9.59 Å². The number of carbonyl (C=O) groups is 2. The first-order valence-electron chi connectivity index (χ1n) is 12.6. The summed E-state index contributed by atoms with van der Waals surface area (Å²) in [6, 6.07) is 11.6. The zero-order valence-corrected chi connectivity index (χ0v) is 22.2. The molecule has 0 atom stereocenters. The van der Waals surface area contributed by atoms with Crippen LogP contribution in [0.1, 0.15) is 43.2 Å². The lowest BCUT2D eigenvalue weighted by atomic mass is 10.0. The van der Waals surface area contributed by atoms with E-state index in [0.29, 0.717) is 11.1 Å². The summed E-state index contributed by atoms with van der Waals surface area (Å²) in [5.74, 6) is -0.554. The molecule has 0 saturated heterocycles. The van der Waals surface area contributed by atoms with Crippen molar-refractivity contribution in [2.45, 2.75) is 25.9 Å². The maximum absolute atomic E-state index is 11.7. The lowest BCUT2D eigenvalue weighted by molar-refractivity contribution is 0.0592. The van der Waals surface area contributed by atoms with Gasteiger partial charge in [0.25, 0.3) is 0 Å². The third-order valence-corrected chi connectivity index (χ3v) is 7.71. The number of aryl methyl sites for hydroxylation is 2. The minimum absolute atomic E-state index is 0.274. The van der Waals surface area contributed by atoms with E-state index >= 15 is 0 Å². The Hall–Kier alpha value is -3.62. The van der Waals surface area contributed by atoms with Crippen molar-refractivity contribution in [3.8, 4) is 0 Å². The van der Waals surface area contributed by atoms with Crippen LogP contribution in [0.5, 0.6) is 0 Å². The van der Waals surface area contributed by atoms with E-state index in [2.05, 4.69) is 40.5 Å². The number of aromatic nitrogens is 2. The standard InChI is InChI=1S/C15H18N2O2.C14H16N2O2/c1-16-7-6-14-12(9-16)11-8-10(15(18)19-3)4-5-13(11)17(14)2;1-16-12-4-3-9(14(17)18-2)7-10(12)11-8-15-6-5-13(11)16/h4-5,8H,6-7,9H2,1-3H3;3-4,7,15H,5-6,8H2,1-2H3. The van der Waals surface area contributed by atoms with Gasteiger partial charge >= 0.3 is 11.9 Å². The largest absolute Gasteiger partial charge is 0.465 e. The molecular formula is C29H34N4O4. The molecule has 2 aliphatic rings. The summed E-state index contributed by atoms with van der Waals surface area (Å²) in [6.07, 6.45) is 2.10. The second-order valence-electron chi connectivity index (χ2n) is 9.83. The van der Waals surface area contributed by atoms with E-state index in [0.717, 1.165) is 44.4 Å². The van der Waals surface area contributed by atoms with Gasteiger partial charge in [0.15, 0.2) is 0 Å². The van der Waals surface area contributed by atoms with Gasteiger partial charge in [-0.05, 0) is 54.6 Å². The van der Waals surface area contributed by atoms with Crippen LogP contribution in [0.25, 0.3) is 21.8 Å². The van der Waals surface area contributed by atoms with Crippen LogP contribution >= 0.6 is 0 Å². The SMILES string of the molecule is COC(=O)c1ccc2c(c1)c1c(n2C)CCN(C)C1.COC(=O)c1ccc2c(c1)c1c(n2C)CCNC1. The van der Waals surface area contributed by atoms with E-state index in [1.54, 1.807) is 0 Å². The van der Waals surface area contributed by atoms with Crippen molar-refractivity contribution in [2.24, 2.45) is 14.1 Å². The number of carbonyl (C=O) groups excluding carboxylic acids is 2. The Bertz CT molecular complexity index is 1510. The van der Waals surface area contributed by atoms with Gasteiger partial charge in [0.05, 0.1) is 25.3 Å². The van der Waals surface area contributed by atoms with Crippen LogP contribution in [0.2, 0.25) is 0 Å². The van der Waals surface area contributed by atoms with Gasteiger partial charge in [-0.1, -0.05) is 0 Å². The van der Waals surface area contributed by atoms with E-state index in [1.807, 2.05) is 36.4 Å². The Morgan fingerprint density at radius 1 is 0.784 bits per heavy atom.